The molecule has 6 atom stereocenters. The maximum Gasteiger partial charge on any atom is 0.337 e. The first-order chi connectivity index (χ1) is 35.2. The fourth-order valence-corrected chi connectivity index (χ4v) is 10.4. The van der Waals surface area contributed by atoms with Crippen LogP contribution in [0.5, 0.6) is 23.0 Å². The van der Waals surface area contributed by atoms with Crippen LogP contribution < -0.4 is 29.6 Å². The highest BCUT2D eigenvalue weighted by Gasteiger charge is 2.33. The highest BCUT2D eigenvalue weighted by molar-refractivity contribution is 5.91. The lowest BCUT2D eigenvalue weighted by molar-refractivity contribution is 0.0591. The third kappa shape index (κ3) is 10.7. The Bertz CT molecular complexity index is 2970. The zero-order chi connectivity index (χ0) is 50.1. The summed E-state index contributed by atoms with van der Waals surface area (Å²) in [5, 5.41) is 12.4. The van der Waals surface area contributed by atoms with Gasteiger partial charge in [0.2, 0.25) is 0 Å². The molecule has 10 heteroatoms. The molecule has 0 spiro atoms. The van der Waals surface area contributed by atoms with E-state index in [0.717, 1.165) is 46.6 Å². The number of methoxy groups -OCH3 is 4. The molecule has 0 unspecified atom stereocenters. The maximum absolute atomic E-state index is 12.1. The molecule has 8 aromatic rings. The number of fused-ring (bicyclic) bond motifs is 4. The molecular weight excluding hydrogens is 901 g/mol. The summed E-state index contributed by atoms with van der Waals surface area (Å²) in [6.07, 6.45) is 1.54. The number of esters is 2. The minimum Gasteiger partial charge on any atom is -0.496 e. The third-order valence-corrected chi connectivity index (χ3v) is 14.1. The Morgan fingerprint density at radius 2 is 0.875 bits per heavy atom. The van der Waals surface area contributed by atoms with E-state index >= 15 is 0 Å². The van der Waals surface area contributed by atoms with Gasteiger partial charge in [0.05, 0.1) is 39.6 Å². The van der Waals surface area contributed by atoms with Crippen LogP contribution >= 0.6 is 0 Å². The van der Waals surface area contributed by atoms with Gasteiger partial charge in [0, 0.05) is 59.3 Å². The predicted molar refractivity (Wildman–Crippen MR) is 284 cm³/mol. The Balaban J connectivity index is 0.000000178. The van der Waals surface area contributed by atoms with E-state index in [-0.39, 0.29) is 48.1 Å². The molecule has 2 N–H and O–H groups in total. The topological polar surface area (TPSA) is 114 Å². The molecule has 2 aliphatic heterocycles. The number of rotatable bonds is 14. The quantitative estimate of drug-likeness (QED) is 0.102. The number of carbonyl (C=O) groups is 2. The first-order valence-corrected chi connectivity index (χ1v) is 24.6. The average Bonchev–Trinajstić information content (AvgIpc) is 3.44. The summed E-state index contributed by atoms with van der Waals surface area (Å²) < 4.78 is 34.1. The number of nitrogens with one attached hydrogen (secondary N) is 2. The van der Waals surface area contributed by atoms with Gasteiger partial charge in [-0.2, -0.15) is 0 Å². The Hall–Kier alpha value is -7.66. The van der Waals surface area contributed by atoms with Gasteiger partial charge in [-0.15, -0.1) is 0 Å². The smallest absolute Gasteiger partial charge is 0.337 e. The second kappa shape index (κ2) is 22.6. The van der Waals surface area contributed by atoms with Crippen molar-refractivity contribution >= 4 is 33.5 Å². The summed E-state index contributed by atoms with van der Waals surface area (Å²) in [5.41, 5.74) is 7.82. The van der Waals surface area contributed by atoms with Gasteiger partial charge < -0.3 is 39.1 Å². The molecule has 0 fully saturated rings. The standard InChI is InChI=1S/2C31H31NO4/c2*1-20(24-13-8-10-21-9-4-5-11-25(21)24)32-19-23-18-28(26-12-6-7-14-29(26)36-23)27-16-15-22(31(33)35-3)17-30(27)34-2/h2*4-17,20,23,28,32H,18-19H2,1-3H3/t20-,23-,28+;20-,23-,28-/m11/s1. The summed E-state index contributed by atoms with van der Waals surface area (Å²) >= 11 is 0. The molecule has 10 rings (SSSR count). The first kappa shape index (κ1) is 49.3. The highest BCUT2D eigenvalue weighted by Crippen LogP contribution is 2.45. The first-order valence-electron chi connectivity index (χ1n) is 24.6. The molecule has 368 valence electrons. The van der Waals surface area contributed by atoms with Crippen LogP contribution in [0.3, 0.4) is 0 Å². The lowest BCUT2D eigenvalue weighted by Gasteiger charge is -2.34. The van der Waals surface area contributed by atoms with Crippen molar-refractivity contribution in [1.29, 1.82) is 0 Å². The molecule has 0 radical (unpaired) electrons. The maximum atomic E-state index is 12.1. The van der Waals surface area contributed by atoms with E-state index in [2.05, 4.69) is 122 Å². The highest BCUT2D eigenvalue weighted by atomic mass is 16.5. The molecule has 0 amide bonds. The van der Waals surface area contributed by atoms with Crippen LogP contribution in [0.15, 0.2) is 170 Å². The second-order valence-corrected chi connectivity index (χ2v) is 18.4. The van der Waals surface area contributed by atoms with Gasteiger partial charge in [0.1, 0.15) is 35.2 Å². The van der Waals surface area contributed by atoms with E-state index in [4.69, 9.17) is 28.4 Å². The lowest BCUT2D eigenvalue weighted by atomic mass is 9.83. The summed E-state index contributed by atoms with van der Waals surface area (Å²) in [6, 6.07) is 57.6. The lowest BCUT2D eigenvalue weighted by Crippen LogP contribution is -2.37. The normalized spacial score (nSPS) is 17.6. The fraction of sp³-hybridized carbons (Fsp3) is 0.258. The Morgan fingerprint density at radius 3 is 1.29 bits per heavy atom. The van der Waals surface area contributed by atoms with Crippen LogP contribution in [-0.4, -0.2) is 65.7 Å². The van der Waals surface area contributed by atoms with Crippen molar-refractivity contribution < 1.29 is 38.0 Å². The largest absolute Gasteiger partial charge is 0.496 e. The predicted octanol–water partition coefficient (Wildman–Crippen LogP) is 12.5. The molecule has 0 aliphatic carbocycles. The van der Waals surface area contributed by atoms with Crippen molar-refractivity contribution in [3.05, 3.63) is 214 Å². The summed E-state index contributed by atoms with van der Waals surface area (Å²) in [4.78, 5) is 24.1. The van der Waals surface area contributed by atoms with Gasteiger partial charge in [-0.05, 0) is 95.8 Å². The van der Waals surface area contributed by atoms with Crippen LogP contribution in [0.4, 0.5) is 0 Å². The van der Waals surface area contributed by atoms with E-state index in [1.807, 2.05) is 48.5 Å². The van der Waals surface area contributed by atoms with Crippen molar-refractivity contribution in [3.63, 3.8) is 0 Å². The van der Waals surface area contributed by atoms with E-state index in [1.54, 1.807) is 38.5 Å². The van der Waals surface area contributed by atoms with E-state index in [0.29, 0.717) is 35.7 Å². The van der Waals surface area contributed by atoms with Crippen LogP contribution in [0.25, 0.3) is 21.5 Å². The number of hydrogen-bond acceptors (Lipinski definition) is 10. The van der Waals surface area contributed by atoms with Crippen molar-refractivity contribution in [2.75, 3.05) is 41.5 Å². The van der Waals surface area contributed by atoms with Gasteiger partial charge in [0.25, 0.3) is 0 Å². The van der Waals surface area contributed by atoms with Crippen LogP contribution in [0.2, 0.25) is 0 Å². The zero-order valence-electron chi connectivity index (χ0n) is 41.7. The molecule has 2 heterocycles. The summed E-state index contributed by atoms with van der Waals surface area (Å²) in [7, 11) is 6.04. The van der Waals surface area contributed by atoms with Crippen LogP contribution in [0.1, 0.15) is 105 Å². The van der Waals surface area contributed by atoms with Crippen molar-refractivity contribution in [2.24, 2.45) is 0 Å². The number of para-hydroxylation sites is 2. The van der Waals surface area contributed by atoms with Gasteiger partial charge in [0.15, 0.2) is 0 Å². The molecule has 10 nitrogen and oxygen atoms in total. The number of ether oxygens (including phenoxy) is 6. The Labute approximate surface area is 422 Å². The Kier molecular flexibility index (Phi) is 15.5. The van der Waals surface area contributed by atoms with Crippen molar-refractivity contribution in [2.45, 2.75) is 62.8 Å². The zero-order valence-corrected chi connectivity index (χ0v) is 41.7. The van der Waals surface area contributed by atoms with Gasteiger partial charge >= 0.3 is 11.9 Å². The van der Waals surface area contributed by atoms with Crippen molar-refractivity contribution in [1.82, 2.24) is 10.6 Å². The molecule has 0 aromatic heterocycles. The number of hydrogen-bond donors (Lipinski definition) is 2. The summed E-state index contributed by atoms with van der Waals surface area (Å²) in [6.45, 7) is 5.81. The number of carbonyl (C=O) groups excluding carboxylic acids is 2. The SMILES string of the molecule is COC(=O)c1ccc([C@@H]2C[C@H](CN[C@H](C)c3cccc4ccccc34)Oc3ccccc32)c(OC)c1.COC(=O)c1ccc([C@H]2C[C@H](CN[C@H](C)c3cccc4ccccc34)Oc3ccccc32)c(OC)c1. The van der Waals surface area contributed by atoms with E-state index in [1.165, 1.54) is 46.9 Å². The van der Waals surface area contributed by atoms with E-state index < -0.39 is 0 Å². The summed E-state index contributed by atoms with van der Waals surface area (Å²) in [5.74, 6) is 2.53. The number of benzene rings is 8. The Morgan fingerprint density at radius 1 is 0.486 bits per heavy atom. The average molecular weight is 963 g/mol. The minimum atomic E-state index is -0.378. The molecule has 2 aliphatic rings. The molecule has 72 heavy (non-hydrogen) atoms. The van der Waals surface area contributed by atoms with Crippen LogP contribution in [0, 0.1) is 0 Å². The van der Waals surface area contributed by atoms with Crippen LogP contribution in [-0.2, 0) is 9.47 Å². The molecule has 8 aromatic carbocycles. The fourth-order valence-electron chi connectivity index (χ4n) is 10.4. The van der Waals surface area contributed by atoms with Crippen molar-refractivity contribution in [3.8, 4) is 23.0 Å². The third-order valence-electron chi connectivity index (χ3n) is 14.1. The molecule has 0 saturated heterocycles. The molecular formula is C62H62N2O8. The van der Waals surface area contributed by atoms with Gasteiger partial charge in [-0.3, -0.25) is 0 Å². The molecule has 0 bridgehead atoms. The van der Waals surface area contributed by atoms with E-state index in [9.17, 15) is 9.59 Å². The van der Waals surface area contributed by atoms with Gasteiger partial charge in [-0.25, -0.2) is 9.59 Å². The second-order valence-electron chi connectivity index (χ2n) is 18.4. The molecule has 0 saturated carbocycles. The minimum absolute atomic E-state index is 0.0210. The monoisotopic (exact) mass is 962 g/mol. The van der Waals surface area contributed by atoms with Gasteiger partial charge in [-0.1, -0.05) is 133 Å².